The minimum atomic E-state index is -1.31. The van der Waals surface area contributed by atoms with Crippen molar-refractivity contribution in [2.75, 3.05) is 7.11 Å². The van der Waals surface area contributed by atoms with Crippen molar-refractivity contribution in [3.8, 4) is 28.0 Å². The average Bonchev–Trinajstić information content (AvgIpc) is 3.82. The molecule has 0 aliphatic carbocycles. The highest BCUT2D eigenvalue weighted by molar-refractivity contribution is 7.78. The van der Waals surface area contributed by atoms with Crippen LogP contribution in [0.25, 0.3) is 44.3 Å². The van der Waals surface area contributed by atoms with Crippen molar-refractivity contribution in [1.29, 1.82) is 0 Å². The van der Waals surface area contributed by atoms with E-state index in [1.54, 1.807) is 37.4 Å². The monoisotopic (exact) mass is 617 g/mol. The zero-order valence-electron chi connectivity index (χ0n) is 23.8. The van der Waals surface area contributed by atoms with E-state index in [1.165, 1.54) is 0 Å². The van der Waals surface area contributed by atoms with Gasteiger partial charge >= 0.3 is 0 Å². The Bertz CT molecular complexity index is 2140. The predicted molar refractivity (Wildman–Crippen MR) is 173 cm³/mol. The van der Waals surface area contributed by atoms with Crippen LogP contribution in [0, 0.1) is 0 Å². The summed E-state index contributed by atoms with van der Waals surface area (Å²) in [5.74, 6) is 0.666. The molecule has 6 N–H and O–H groups in total. The number of aliphatic imine (C=N–C) groups is 1. The van der Waals surface area contributed by atoms with E-state index in [2.05, 4.69) is 20.1 Å². The van der Waals surface area contributed by atoms with E-state index in [1.807, 2.05) is 54.6 Å². The van der Waals surface area contributed by atoms with E-state index < -0.39 is 24.4 Å². The van der Waals surface area contributed by atoms with Crippen LogP contribution in [0.4, 0.5) is 5.69 Å². The third-order valence-electron chi connectivity index (χ3n) is 8.05. The van der Waals surface area contributed by atoms with Crippen LogP contribution < -0.4 is 4.74 Å². The molecule has 3 aromatic heterocycles. The smallest absolute Gasteiger partial charge is 0.128 e. The fraction of sp³-hybridized carbons (Fsp3) is 0.147. The summed E-state index contributed by atoms with van der Waals surface area (Å²) in [7, 11) is 1.58. The van der Waals surface area contributed by atoms with Gasteiger partial charge in [-0.2, -0.15) is 4.99 Å². The fourth-order valence-corrected chi connectivity index (χ4v) is 5.91. The molecule has 8 bridgehead atoms. The van der Waals surface area contributed by atoms with Crippen LogP contribution in [0.15, 0.2) is 89.9 Å². The number of aromatic amines is 2. The number of hydrogen-bond acceptors (Lipinski definition) is 9. The number of methoxy groups -OCH3 is 1. The lowest BCUT2D eigenvalue weighted by molar-refractivity contribution is 0.0256. The number of aromatic nitrogens is 4. The minimum Gasteiger partial charge on any atom is -0.497 e. The molecule has 2 aliphatic heterocycles. The summed E-state index contributed by atoms with van der Waals surface area (Å²) in [4.78, 5) is 20.1. The van der Waals surface area contributed by atoms with E-state index in [-0.39, 0.29) is 17.1 Å². The minimum absolute atomic E-state index is 0.269. The lowest BCUT2D eigenvalue weighted by atomic mass is 9.99. The Morgan fingerprint density at radius 1 is 0.667 bits per heavy atom. The summed E-state index contributed by atoms with van der Waals surface area (Å²) >= 11 is 4.73. The normalized spacial score (nSPS) is 19.2. The van der Waals surface area contributed by atoms with Gasteiger partial charge in [-0.15, -0.1) is 0 Å². The van der Waals surface area contributed by atoms with E-state index in [0.29, 0.717) is 55.9 Å². The summed E-state index contributed by atoms with van der Waals surface area (Å²) in [6.07, 6.45) is -5.16. The topological polar surface area (TPSA) is 160 Å². The lowest BCUT2D eigenvalue weighted by Crippen LogP contribution is -2.04. The standard InChI is InChI=1S/C34H27N5O5S/c1-44-22-10-4-18(5-11-22)28-24-13-9-21(37-24)15-25-31(40)33(42)29(38-25)27(17-2-6-19(7-3-17)35-16-45)23-12-8-20(36-23)14-26-32(41)34(43)30(28)39-26/h2-15,31-34,36-37,40-43H,1H3/t31-,32?,33+,34?/m1/s1. The molecule has 0 spiro atoms. The van der Waals surface area contributed by atoms with Crippen molar-refractivity contribution in [3.05, 3.63) is 108 Å². The van der Waals surface area contributed by atoms with Gasteiger partial charge in [0.25, 0.3) is 0 Å². The van der Waals surface area contributed by atoms with Crippen LogP contribution in [0.2, 0.25) is 0 Å². The summed E-state index contributed by atoms with van der Waals surface area (Å²) in [5.41, 5.74) is 6.77. The van der Waals surface area contributed by atoms with Gasteiger partial charge in [-0.25, -0.2) is 0 Å². The molecule has 11 heteroatoms. The maximum Gasteiger partial charge on any atom is 0.128 e. The van der Waals surface area contributed by atoms with Crippen molar-refractivity contribution in [1.82, 2.24) is 19.9 Å². The van der Waals surface area contributed by atoms with Crippen molar-refractivity contribution >= 4 is 45.1 Å². The Hall–Kier alpha value is -5.00. The second-order valence-corrected chi connectivity index (χ2v) is 11.0. The van der Waals surface area contributed by atoms with Crippen LogP contribution in [0.3, 0.4) is 0 Å². The maximum absolute atomic E-state index is 11.3. The zero-order valence-corrected chi connectivity index (χ0v) is 24.7. The molecule has 0 saturated heterocycles. The number of fused-ring (bicyclic) bond motifs is 8. The van der Waals surface area contributed by atoms with Gasteiger partial charge in [0, 0.05) is 33.2 Å². The van der Waals surface area contributed by atoms with Crippen molar-refractivity contribution in [3.63, 3.8) is 0 Å². The molecule has 0 radical (unpaired) electrons. The van der Waals surface area contributed by atoms with Gasteiger partial charge in [0.1, 0.15) is 30.2 Å². The number of aliphatic hydroxyl groups is 4. The fourth-order valence-electron chi connectivity index (χ4n) is 5.81. The van der Waals surface area contributed by atoms with Gasteiger partial charge in [-0.3, -0.25) is 9.97 Å². The second kappa shape index (κ2) is 11.5. The molecule has 0 fully saturated rings. The van der Waals surface area contributed by atoms with Crippen LogP contribution in [-0.2, 0) is 0 Å². The molecular formula is C34H27N5O5S. The lowest BCUT2D eigenvalue weighted by Gasteiger charge is -2.12. The molecule has 5 aromatic rings. The van der Waals surface area contributed by atoms with Crippen LogP contribution in [0.1, 0.15) is 47.2 Å². The number of thiocarbonyl (C=S) groups is 1. The largest absolute Gasteiger partial charge is 0.497 e. The second-order valence-electron chi connectivity index (χ2n) is 10.8. The quantitative estimate of drug-likeness (QED) is 0.107. The average molecular weight is 618 g/mol. The first-order valence-corrected chi connectivity index (χ1v) is 14.5. The van der Waals surface area contributed by atoms with E-state index in [9.17, 15) is 20.4 Å². The first-order chi connectivity index (χ1) is 21.8. The molecule has 0 saturated carbocycles. The van der Waals surface area contributed by atoms with Crippen LogP contribution in [-0.4, -0.2) is 52.6 Å². The molecule has 7 rings (SSSR count). The molecule has 0 amide bonds. The SMILES string of the molecule is COc1ccc(-c2c3nc(cc4ccc([nH]4)c(-c4ccc(N=C=S)cc4)c4nc(cc5ccc2[nH]5)[C@@H](O)[C@H]4O)C(O)C3O)cc1. The van der Waals surface area contributed by atoms with E-state index >= 15 is 0 Å². The number of aliphatic hydroxyl groups excluding tert-OH is 4. The predicted octanol–water partition coefficient (Wildman–Crippen LogP) is 5.93. The highest BCUT2D eigenvalue weighted by atomic mass is 32.1. The Balaban J connectivity index is 1.57. The summed E-state index contributed by atoms with van der Waals surface area (Å²) in [6.45, 7) is 0. The van der Waals surface area contributed by atoms with Gasteiger partial charge in [-0.1, -0.05) is 24.3 Å². The van der Waals surface area contributed by atoms with Crippen LogP contribution >= 0.6 is 12.2 Å². The first-order valence-electron chi connectivity index (χ1n) is 14.1. The number of hydrogen-bond donors (Lipinski definition) is 6. The number of nitrogens with one attached hydrogen (secondary N) is 2. The molecule has 2 aliphatic rings. The molecule has 45 heavy (non-hydrogen) atoms. The summed E-state index contributed by atoms with van der Waals surface area (Å²) in [6, 6.07) is 25.1. The van der Waals surface area contributed by atoms with Gasteiger partial charge in [0.15, 0.2) is 0 Å². The van der Waals surface area contributed by atoms with Crippen LogP contribution in [0.5, 0.6) is 5.75 Å². The Kier molecular flexibility index (Phi) is 7.34. The molecule has 5 heterocycles. The number of H-pyrrole nitrogens is 2. The Morgan fingerprint density at radius 2 is 1.13 bits per heavy atom. The van der Waals surface area contributed by atoms with Crippen molar-refractivity contribution < 1.29 is 25.2 Å². The Morgan fingerprint density at radius 3 is 1.58 bits per heavy atom. The van der Waals surface area contributed by atoms with Gasteiger partial charge < -0.3 is 35.1 Å². The molecule has 2 aromatic carbocycles. The van der Waals surface area contributed by atoms with Crippen molar-refractivity contribution in [2.45, 2.75) is 24.4 Å². The number of ether oxygens (including phenoxy) is 1. The summed E-state index contributed by atoms with van der Waals surface area (Å²) < 4.78 is 5.33. The van der Waals surface area contributed by atoms with E-state index in [4.69, 9.17) is 26.9 Å². The van der Waals surface area contributed by atoms with Gasteiger partial charge in [0.05, 0.1) is 40.7 Å². The highest BCUT2D eigenvalue weighted by Crippen LogP contribution is 2.42. The highest BCUT2D eigenvalue weighted by Gasteiger charge is 2.33. The first kappa shape index (κ1) is 28.8. The Labute approximate surface area is 262 Å². The summed E-state index contributed by atoms with van der Waals surface area (Å²) in [5, 5.41) is 47.2. The number of isothiocyanates is 1. The molecule has 4 atom stereocenters. The molecular weight excluding hydrogens is 590 g/mol. The van der Waals surface area contributed by atoms with Crippen molar-refractivity contribution in [2.24, 2.45) is 4.99 Å². The zero-order chi connectivity index (χ0) is 31.2. The van der Waals surface area contributed by atoms with E-state index in [0.717, 1.165) is 5.56 Å². The number of nitrogens with zero attached hydrogens (tertiary/aromatic N) is 3. The van der Waals surface area contributed by atoms with Gasteiger partial charge in [0.2, 0.25) is 0 Å². The number of rotatable bonds is 4. The molecule has 2 unspecified atom stereocenters. The maximum atomic E-state index is 11.3. The third kappa shape index (κ3) is 5.13. The van der Waals surface area contributed by atoms with Gasteiger partial charge in [-0.05, 0) is 84.0 Å². The molecule has 10 nitrogen and oxygen atoms in total. The number of benzene rings is 2. The third-order valence-corrected chi connectivity index (χ3v) is 8.14. The molecule has 224 valence electrons.